The molecule has 0 saturated carbocycles. The summed E-state index contributed by atoms with van der Waals surface area (Å²) in [4.78, 5) is 45.8. The summed E-state index contributed by atoms with van der Waals surface area (Å²) in [7, 11) is 0. The number of amides is 2. The Morgan fingerprint density at radius 1 is 0.742 bits per heavy atom. The third-order valence-corrected chi connectivity index (χ3v) is 5.01. The molecule has 0 spiro atoms. The van der Waals surface area contributed by atoms with Gasteiger partial charge in [-0.05, 0) is 19.3 Å². The van der Waals surface area contributed by atoms with Gasteiger partial charge in [-0.1, -0.05) is 71.6 Å². The van der Waals surface area contributed by atoms with Crippen molar-refractivity contribution >= 4 is 23.9 Å². The number of unbranched alkanes of at least 4 members (excludes halogenated alkanes) is 9. The number of carbonyl (C=O) groups excluding carboxylic acids is 2. The molecule has 0 aliphatic carbocycles. The Labute approximate surface area is 185 Å². The summed E-state index contributed by atoms with van der Waals surface area (Å²) in [6.07, 6.45) is 11.7. The van der Waals surface area contributed by atoms with E-state index < -0.39 is 36.0 Å². The molecular formula is C22H40N2O7. The molecule has 180 valence electrons. The predicted octanol–water partition coefficient (Wildman–Crippen LogP) is 3.85. The van der Waals surface area contributed by atoms with Crippen molar-refractivity contribution in [3.63, 3.8) is 0 Å². The van der Waals surface area contributed by atoms with Gasteiger partial charge in [0, 0.05) is 6.42 Å². The van der Waals surface area contributed by atoms with Gasteiger partial charge >= 0.3 is 23.9 Å². The van der Waals surface area contributed by atoms with Crippen LogP contribution in [0.5, 0.6) is 0 Å². The van der Waals surface area contributed by atoms with Crippen molar-refractivity contribution in [2.75, 3.05) is 6.61 Å². The van der Waals surface area contributed by atoms with E-state index in [-0.39, 0.29) is 19.3 Å². The number of carbonyl (C=O) groups is 4. The SMILES string of the molecule is CCCCCCCCCCCCOC(=O)CC[C@H](NC(=O)N[C@@H](CC)C(=O)O)C(=O)O. The number of ether oxygens (including phenoxy) is 1. The highest BCUT2D eigenvalue weighted by molar-refractivity contribution is 5.86. The lowest BCUT2D eigenvalue weighted by Crippen LogP contribution is -2.51. The van der Waals surface area contributed by atoms with Crippen LogP contribution in [0.1, 0.15) is 97.3 Å². The van der Waals surface area contributed by atoms with Gasteiger partial charge in [0.15, 0.2) is 0 Å². The number of carboxylic acid groups (broad SMARTS) is 2. The normalized spacial score (nSPS) is 12.6. The molecule has 2 amide bonds. The second-order valence-corrected chi connectivity index (χ2v) is 7.75. The van der Waals surface area contributed by atoms with E-state index in [9.17, 15) is 24.3 Å². The molecule has 0 unspecified atom stereocenters. The van der Waals surface area contributed by atoms with E-state index in [2.05, 4.69) is 17.6 Å². The van der Waals surface area contributed by atoms with Crippen molar-refractivity contribution < 1.29 is 34.1 Å². The molecule has 2 atom stereocenters. The quantitative estimate of drug-likeness (QED) is 0.175. The van der Waals surface area contributed by atoms with Gasteiger partial charge in [-0.15, -0.1) is 0 Å². The predicted molar refractivity (Wildman–Crippen MR) is 117 cm³/mol. The van der Waals surface area contributed by atoms with Crippen LogP contribution in [-0.4, -0.2) is 52.8 Å². The van der Waals surface area contributed by atoms with Gasteiger partial charge in [0.25, 0.3) is 0 Å². The van der Waals surface area contributed by atoms with Crippen LogP contribution >= 0.6 is 0 Å². The molecule has 0 fully saturated rings. The molecule has 0 saturated heterocycles. The maximum atomic E-state index is 11.8. The number of hydrogen-bond donors (Lipinski definition) is 4. The van der Waals surface area contributed by atoms with Gasteiger partial charge in [0.2, 0.25) is 0 Å². The molecule has 9 heteroatoms. The van der Waals surface area contributed by atoms with Crippen LogP contribution in [0.3, 0.4) is 0 Å². The smallest absolute Gasteiger partial charge is 0.326 e. The molecule has 0 aliphatic rings. The number of aliphatic carboxylic acids is 2. The fourth-order valence-electron chi connectivity index (χ4n) is 3.06. The summed E-state index contributed by atoms with van der Waals surface area (Å²) >= 11 is 0. The van der Waals surface area contributed by atoms with Gasteiger partial charge in [-0.25, -0.2) is 14.4 Å². The fraction of sp³-hybridized carbons (Fsp3) is 0.818. The molecule has 0 aliphatic heterocycles. The Morgan fingerprint density at radius 3 is 1.71 bits per heavy atom. The Bertz CT molecular complexity index is 540. The zero-order chi connectivity index (χ0) is 23.5. The first-order chi connectivity index (χ1) is 14.8. The topological polar surface area (TPSA) is 142 Å². The van der Waals surface area contributed by atoms with Crippen molar-refractivity contribution in [2.45, 2.75) is 109 Å². The Hall–Kier alpha value is -2.32. The number of urea groups is 1. The van der Waals surface area contributed by atoms with Gasteiger partial charge in [0.1, 0.15) is 12.1 Å². The first-order valence-corrected chi connectivity index (χ1v) is 11.5. The van der Waals surface area contributed by atoms with Crippen LogP contribution in [0.4, 0.5) is 4.79 Å². The monoisotopic (exact) mass is 444 g/mol. The Kier molecular flexibility index (Phi) is 17.1. The highest BCUT2D eigenvalue weighted by atomic mass is 16.5. The second-order valence-electron chi connectivity index (χ2n) is 7.75. The van der Waals surface area contributed by atoms with Gasteiger partial charge in [-0.2, -0.15) is 0 Å². The lowest BCUT2D eigenvalue weighted by Gasteiger charge is -2.17. The number of rotatable bonds is 19. The summed E-state index contributed by atoms with van der Waals surface area (Å²) in [5, 5.41) is 22.5. The number of hydrogen-bond acceptors (Lipinski definition) is 5. The van der Waals surface area contributed by atoms with E-state index in [4.69, 9.17) is 9.84 Å². The van der Waals surface area contributed by atoms with Crippen LogP contribution in [0, 0.1) is 0 Å². The van der Waals surface area contributed by atoms with Gasteiger partial charge in [-0.3, -0.25) is 4.79 Å². The minimum atomic E-state index is -1.31. The third-order valence-electron chi connectivity index (χ3n) is 5.01. The maximum absolute atomic E-state index is 11.8. The largest absolute Gasteiger partial charge is 0.480 e. The summed E-state index contributed by atoms with van der Waals surface area (Å²) in [6.45, 7) is 4.09. The Balaban J connectivity index is 3.92. The highest BCUT2D eigenvalue weighted by Crippen LogP contribution is 2.10. The summed E-state index contributed by atoms with van der Waals surface area (Å²) < 4.78 is 5.12. The molecular weight excluding hydrogens is 404 g/mol. The molecule has 0 radical (unpaired) electrons. The summed E-state index contributed by atoms with van der Waals surface area (Å²) in [5.74, 6) is -3.03. The first-order valence-electron chi connectivity index (χ1n) is 11.5. The van der Waals surface area contributed by atoms with Crippen molar-refractivity contribution in [1.29, 1.82) is 0 Å². The standard InChI is InChI=1S/C22H40N2O7/c1-3-5-6-7-8-9-10-11-12-13-16-31-19(25)15-14-18(21(28)29)24-22(30)23-17(4-2)20(26)27/h17-18H,3-16H2,1-2H3,(H,26,27)(H,28,29)(H2,23,24,30)/t17-,18-/m0/s1. The molecule has 31 heavy (non-hydrogen) atoms. The number of carboxylic acids is 2. The van der Waals surface area contributed by atoms with Crippen molar-refractivity contribution in [3.05, 3.63) is 0 Å². The van der Waals surface area contributed by atoms with E-state index in [1.807, 2.05) is 0 Å². The highest BCUT2D eigenvalue weighted by Gasteiger charge is 2.24. The molecule has 4 N–H and O–H groups in total. The van der Waals surface area contributed by atoms with Crippen LogP contribution < -0.4 is 10.6 Å². The van der Waals surface area contributed by atoms with Crippen LogP contribution in [0.15, 0.2) is 0 Å². The molecule has 0 rings (SSSR count). The van der Waals surface area contributed by atoms with Crippen molar-refractivity contribution in [3.8, 4) is 0 Å². The molecule has 0 aromatic rings. The minimum absolute atomic E-state index is 0.135. The zero-order valence-corrected chi connectivity index (χ0v) is 19.0. The van der Waals surface area contributed by atoms with Crippen molar-refractivity contribution in [2.24, 2.45) is 0 Å². The van der Waals surface area contributed by atoms with E-state index in [0.29, 0.717) is 6.61 Å². The van der Waals surface area contributed by atoms with Crippen LogP contribution in [0.25, 0.3) is 0 Å². The second kappa shape index (κ2) is 18.4. The van der Waals surface area contributed by atoms with Crippen molar-refractivity contribution in [1.82, 2.24) is 10.6 Å². The lowest BCUT2D eigenvalue weighted by atomic mass is 10.1. The van der Waals surface area contributed by atoms with Crippen LogP contribution in [-0.2, 0) is 19.1 Å². The average Bonchev–Trinajstić information content (AvgIpc) is 2.72. The van der Waals surface area contributed by atoms with Gasteiger partial charge in [0.05, 0.1) is 6.61 Å². The molecule has 9 nitrogen and oxygen atoms in total. The minimum Gasteiger partial charge on any atom is -0.480 e. The number of nitrogens with one attached hydrogen (secondary N) is 2. The van der Waals surface area contributed by atoms with E-state index in [0.717, 1.165) is 19.3 Å². The van der Waals surface area contributed by atoms with E-state index in [1.54, 1.807) is 6.92 Å². The number of esters is 1. The summed E-state index contributed by atoms with van der Waals surface area (Å²) in [6, 6.07) is -3.32. The average molecular weight is 445 g/mol. The third kappa shape index (κ3) is 16.1. The molecule has 0 bridgehead atoms. The zero-order valence-electron chi connectivity index (χ0n) is 19.0. The molecule has 0 aromatic heterocycles. The van der Waals surface area contributed by atoms with Crippen LogP contribution in [0.2, 0.25) is 0 Å². The van der Waals surface area contributed by atoms with E-state index in [1.165, 1.54) is 44.9 Å². The Morgan fingerprint density at radius 2 is 1.23 bits per heavy atom. The van der Waals surface area contributed by atoms with E-state index >= 15 is 0 Å². The molecule has 0 aromatic carbocycles. The summed E-state index contributed by atoms with van der Waals surface area (Å²) in [5.41, 5.74) is 0. The lowest BCUT2D eigenvalue weighted by molar-refractivity contribution is -0.144. The fourth-order valence-corrected chi connectivity index (χ4v) is 3.06. The van der Waals surface area contributed by atoms with Gasteiger partial charge < -0.3 is 25.6 Å². The first kappa shape index (κ1) is 28.7. The molecule has 0 heterocycles. The maximum Gasteiger partial charge on any atom is 0.326 e.